The van der Waals surface area contributed by atoms with Crippen molar-refractivity contribution in [2.75, 3.05) is 12.8 Å². The molecule has 2 N–H and O–H groups in total. The Balaban J connectivity index is 1.75. The highest BCUT2D eigenvalue weighted by atomic mass is 16.6. The van der Waals surface area contributed by atoms with E-state index in [2.05, 4.69) is 5.10 Å². The van der Waals surface area contributed by atoms with Crippen LogP contribution in [-0.4, -0.2) is 22.9 Å². The third kappa shape index (κ3) is 4.82. The van der Waals surface area contributed by atoms with Crippen LogP contribution in [0.4, 0.5) is 11.5 Å². The van der Waals surface area contributed by atoms with Crippen molar-refractivity contribution in [3.8, 4) is 11.5 Å². The molecule has 30 heavy (non-hydrogen) atoms. The second-order valence-corrected chi connectivity index (χ2v) is 6.47. The summed E-state index contributed by atoms with van der Waals surface area (Å²) in [6, 6.07) is 14.4. The van der Waals surface area contributed by atoms with Crippen molar-refractivity contribution >= 4 is 17.7 Å². The van der Waals surface area contributed by atoms with Gasteiger partial charge in [-0.3, -0.25) is 14.9 Å². The first kappa shape index (κ1) is 20.6. The maximum Gasteiger partial charge on any atom is 0.273 e. The molecular weight excluding hydrogens is 388 g/mol. The SMILES string of the molecule is COc1cc(C=Nn2c(N)cc(C)cc2=O)ccc1OCc1ccc([N+](=O)[O-])cc1. The fraction of sp³-hybridized carbons (Fsp3) is 0.143. The molecule has 0 unspecified atom stereocenters. The minimum Gasteiger partial charge on any atom is -0.493 e. The van der Waals surface area contributed by atoms with Crippen molar-refractivity contribution in [3.63, 3.8) is 0 Å². The highest BCUT2D eigenvalue weighted by Crippen LogP contribution is 2.28. The number of aromatic nitrogens is 1. The van der Waals surface area contributed by atoms with Crippen molar-refractivity contribution in [2.45, 2.75) is 13.5 Å². The summed E-state index contributed by atoms with van der Waals surface area (Å²) in [5.74, 6) is 1.22. The number of pyridine rings is 1. The predicted octanol–water partition coefficient (Wildman–Crippen LogP) is 3.12. The molecule has 0 radical (unpaired) electrons. The fourth-order valence-corrected chi connectivity index (χ4v) is 2.73. The van der Waals surface area contributed by atoms with Crippen LogP contribution in [0.5, 0.6) is 11.5 Å². The van der Waals surface area contributed by atoms with Gasteiger partial charge in [0.1, 0.15) is 12.4 Å². The zero-order chi connectivity index (χ0) is 21.7. The Morgan fingerprint density at radius 3 is 2.50 bits per heavy atom. The summed E-state index contributed by atoms with van der Waals surface area (Å²) in [6.07, 6.45) is 1.50. The van der Waals surface area contributed by atoms with Gasteiger partial charge in [-0.15, -0.1) is 0 Å². The van der Waals surface area contributed by atoms with Crippen LogP contribution in [0.15, 0.2) is 64.5 Å². The normalized spacial score (nSPS) is 10.9. The summed E-state index contributed by atoms with van der Waals surface area (Å²) in [7, 11) is 1.51. The van der Waals surface area contributed by atoms with E-state index in [0.717, 1.165) is 15.8 Å². The number of nitrogens with zero attached hydrogens (tertiary/aromatic N) is 3. The lowest BCUT2D eigenvalue weighted by molar-refractivity contribution is -0.384. The van der Waals surface area contributed by atoms with Crippen molar-refractivity contribution in [1.82, 2.24) is 4.68 Å². The van der Waals surface area contributed by atoms with Gasteiger partial charge in [-0.1, -0.05) is 0 Å². The van der Waals surface area contributed by atoms with Gasteiger partial charge in [0.25, 0.3) is 11.2 Å². The molecule has 1 aromatic heterocycles. The highest BCUT2D eigenvalue weighted by Gasteiger charge is 2.08. The number of rotatable bonds is 7. The summed E-state index contributed by atoms with van der Waals surface area (Å²) >= 11 is 0. The van der Waals surface area contributed by atoms with Crippen LogP contribution in [-0.2, 0) is 6.61 Å². The third-order valence-corrected chi connectivity index (χ3v) is 4.23. The number of ether oxygens (including phenoxy) is 2. The molecule has 3 aromatic rings. The summed E-state index contributed by atoms with van der Waals surface area (Å²) in [5, 5.41) is 14.9. The molecule has 9 nitrogen and oxygen atoms in total. The minimum absolute atomic E-state index is 0.0216. The largest absolute Gasteiger partial charge is 0.493 e. The van der Waals surface area contributed by atoms with Gasteiger partial charge in [0.05, 0.1) is 18.2 Å². The first-order chi connectivity index (χ1) is 14.4. The molecule has 0 saturated carbocycles. The van der Waals surface area contributed by atoms with Crippen molar-refractivity contribution in [3.05, 3.63) is 91.8 Å². The smallest absolute Gasteiger partial charge is 0.273 e. The Hall–Kier alpha value is -4.14. The highest BCUT2D eigenvalue weighted by molar-refractivity contribution is 5.81. The molecular formula is C21H20N4O5. The minimum atomic E-state index is -0.452. The van der Waals surface area contributed by atoms with Gasteiger partial charge in [-0.25, -0.2) is 0 Å². The van der Waals surface area contributed by atoms with Crippen LogP contribution >= 0.6 is 0 Å². The van der Waals surface area contributed by atoms with Gasteiger partial charge in [-0.2, -0.15) is 9.78 Å². The summed E-state index contributed by atoms with van der Waals surface area (Å²) in [6.45, 7) is 2.00. The molecule has 0 fully saturated rings. The van der Waals surface area contributed by atoms with E-state index < -0.39 is 4.92 Å². The molecule has 0 aliphatic heterocycles. The number of hydrogen-bond donors (Lipinski definition) is 1. The van der Waals surface area contributed by atoms with E-state index in [4.69, 9.17) is 15.2 Å². The lowest BCUT2D eigenvalue weighted by Gasteiger charge is -2.11. The van der Waals surface area contributed by atoms with Crippen LogP contribution in [0.25, 0.3) is 0 Å². The Bertz CT molecular complexity index is 1150. The van der Waals surface area contributed by atoms with Crippen LogP contribution in [0.1, 0.15) is 16.7 Å². The Kier molecular flexibility index (Phi) is 6.11. The van der Waals surface area contributed by atoms with Gasteiger partial charge >= 0.3 is 0 Å². The lowest BCUT2D eigenvalue weighted by atomic mass is 10.2. The monoisotopic (exact) mass is 408 g/mol. The second-order valence-electron chi connectivity index (χ2n) is 6.47. The quantitative estimate of drug-likeness (QED) is 0.364. The topological polar surface area (TPSA) is 122 Å². The number of nitro groups is 1. The summed E-state index contributed by atoms with van der Waals surface area (Å²) in [5.41, 5.74) is 7.78. The number of methoxy groups -OCH3 is 1. The van der Waals surface area contributed by atoms with Gasteiger partial charge < -0.3 is 15.2 Å². The number of hydrogen-bond acceptors (Lipinski definition) is 7. The van der Waals surface area contributed by atoms with E-state index in [0.29, 0.717) is 17.1 Å². The number of nitro benzene ring substituents is 1. The van der Waals surface area contributed by atoms with Crippen molar-refractivity contribution in [1.29, 1.82) is 0 Å². The summed E-state index contributed by atoms with van der Waals surface area (Å²) < 4.78 is 12.2. The molecule has 0 aliphatic carbocycles. The van der Waals surface area contributed by atoms with Crippen LogP contribution in [0, 0.1) is 17.0 Å². The third-order valence-electron chi connectivity index (χ3n) is 4.23. The zero-order valence-electron chi connectivity index (χ0n) is 16.4. The molecule has 0 amide bonds. The maximum atomic E-state index is 12.0. The number of benzene rings is 2. The predicted molar refractivity (Wildman–Crippen MR) is 113 cm³/mol. The van der Waals surface area contributed by atoms with Crippen LogP contribution in [0.2, 0.25) is 0 Å². The van der Waals surface area contributed by atoms with Crippen molar-refractivity contribution in [2.24, 2.45) is 5.10 Å². The Morgan fingerprint density at radius 1 is 1.13 bits per heavy atom. The zero-order valence-corrected chi connectivity index (χ0v) is 16.4. The van der Waals surface area contributed by atoms with E-state index in [-0.39, 0.29) is 23.7 Å². The van der Waals surface area contributed by atoms with E-state index in [1.165, 1.54) is 31.5 Å². The van der Waals surface area contributed by atoms with Gasteiger partial charge in [0.2, 0.25) is 0 Å². The average Bonchev–Trinajstić information content (AvgIpc) is 2.72. The van der Waals surface area contributed by atoms with E-state index in [1.54, 1.807) is 43.3 Å². The Morgan fingerprint density at radius 2 is 1.87 bits per heavy atom. The molecule has 0 aliphatic rings. The maximum absolute atomic E-state index is 12.0. The molecule has 2 aromatic carbocycles. The molecule has 3 rings (SSSR count). The molecule has 0 saturated heterocycles. The number of anilines is 1. The van der Waals surface area contributed by atoms with Crippen LogP contribution in [0.3, 0.4) is 0 Å². The Labute approximate surface area is 172 Å². The molecule has 1 heterocycles. The lowest BCUT2D eigenvalue weighted by Crippen LogP contribution is -2.19. The summed E-state index contributed by atoms with van der Waals surface area (Å²) in [4.78, 5) is 22.3. The van der Waals surface area contributed by atoms with Gasteiger partial charge in [0.15, 0.2) is 11.5 Å². The standard InChI is InChI=1S/C21H20N4O5/c1-14-9-20(22)24(21(26)10-14)23-12-16-5-8-18(19(11-16)29-2)30-13-15-3-6-17(7-4-15)25(27)28/h3-12H,13,22H2,1-2H3. The van der Waals surface area contributed by atoms with Crippen molar-refractivity contribution < 1.29 is 14.4 Å². The molecule has 0 atom stereocenters. The van der Waals surface area contributed by atoms with Crippen LogP contribution < -0.4 is 20.8 Å². The second kappa shape index (κ2) is 8.91. The fourth-order valence-electron chi connectivity index (χ4n) is 2.73. The van der Waals surface area contributed by atoms with Gasteiger partial charge in [-0.05, 0) is 60.0 Å². The molecule has 0 bridgehead atoms. The first-order valence-electron chi connectivity index (χ1n) is 8.95. The average molecular weight is 408 g/mol. The first-order valence-corrected chi connectivity index (χ1v) is 8.95. The van der Waals surface area contributed by atoms with E-state index in [9.17, 15) is 14.9 Å². The number of aryl methyl sites for hydroxylation is 1. The number of non-ortho nitro benzene ring substituents is 1. The van der Waals surface area contributed by atoms with E-state index >= 15 is 0 Å². The molecule has 9 heteroatoms. The van der Waals surface area contributed by atoms with E-state index in [1.807, 2.05) is 0 Å². The van der Waals surface area contributed by atoms with Gasteiger partial charge in [0, 0.05) is 18.2 Å². The number of nitrogen functional groups attached to an aromatic ring is 1. The molecule has 154 valence electrons. The number of nitrogens with two attached hydrogens (primary N) is 1. The molecule has 0 spiro atoms.